The first-order valence-electron chi connectivity index (χ1n) is 3.83. The molecule has 2 atom stereocenters. The minimum atomic E-state index is -1.19. The first kappa shape index (κ1) is 12.4. The molecule has 0 heterocycles. The number of nitrogens with one attached hydrogen (secondary N) is 1. The predicted octanol–water partition coefficient (Wildman–Crippen LogP) is -0.940. The maximum absolute atomic E-state index is 11.0. The number of primary amides is 1. The summed E-state index contributed by atoms with van der Waals surface area (Å²) in [6.07, 6.45) is -2.17. The molecule has 0 aromatic heterocycles. The molecule has 0 aromatic carbocycles. The van der Waals surface area contributed by atoms with Gasteiger partial charge in [-0.15, -0.1) is 0 Å². The van der Waals surface area contributed by atoms with Gasteiger partial charge in [0.25, 0.3) is 5.91 Å². The van der Waals surface area contributed by atoms with E-state index in [0.717, 1.165) is 0 Å². The third-order valence-electron chi connectivity index (χ3n) is 1.37. The molecule has 0 rings (SSSR count). The number of aliphatic carboxylic acids is 1. The van der Waals surface area contributed by atoms with Crippen molar-refractivity contribution in [2.24, 2.45) is 5.73 Å². The average molecular weight is 204 g/mol. The highest BCUT2D eigenvalue weighted by molar-refractivity contribution is 5.95. The Morgan fingerprint density at radius 1 is 1.29 bits per heavy atom. The van der Waals surface area contributed by atoms with Crippen molar-refractivity contribution in [2.45, 2.75) is 26.1 Å². The Labute approximate surface area is 80.2 Å². The zero-order valence-corrected chi connectivity index (χ0v) is 7.81. The number of carboxylic acid groups (broad SMARTS) is 1. The molecule has 0 fully saturated rings. The number of urea groups is 1. The molecule has 0 saturated carbocycles. The fourth-order valence-corrected chi connectivity index (χ4v) is 0.649. The highest BCUT2D eigenvalue weighted by Crippen LogP contribution is 1.98. The van der Waals surface area contributed by atoms with E-state index in [9.17, 15) is 14.4 Å². The van der Waals surface area contributed by atoms with Gasteiger partial charge >= 0.3 is 12.0 Å². The molecule has 0 aliphatic rings. The van der Waals surface area contributed by atoms with Gasteiger partial charge in [0.1, 0.15) is 6.10 Å². The third-order valence-corrected chi connectivity index (χ3v) is 1.37. The number of carbonyl (C=O) groups is 3. The Bertz CT molecular complexity index is 252. The first-order chi connectivity index (χ1) is 6.34. The SMILES string of the molecule is CC(O[C@H](C)C(=O)O)C(=O)NC(N)=O. The molecule has 80 valence electrons. The number of nitrogens with two attached hydrogens (primary N) is 1. The second-order valence-electron chi connectivity index (χ2n) is 2.61. The molecular weight excluding hydrogens is 192 g/mol. The standard InChI is InChI=1S/C7H12N2O5/c1-3(5(10)9-7(8)13)14-4(2)6(11)12/h3-4H,1-2H3,(H,11,12)(H3,8,9,10,13)/t3?,4-/m1/s1. The van der Waals surface area contributed by atoms with Gasteiger partial charge in [0.15, 0.2) is 6.10 Å². The number of rotatable bonds is 4. The van der Waals surface area contributed by atoms with Crippen LogP contribution < -0.4 is 11.1 Å². The van der Waals surface area contributed by atoms with Crippen LogP contribution in [0.4, 0.5) is 4.79 Å². The van der Waals surface area contributed by atoms with Crippen LogP contribution in [-0.2, 0) is 14.3 Å². The molecule has 0 radical (unpaired) electrons. The van der Waals surface area contributed by atoms with E-state index in [4.69, 9.17) is 9.84 Å². The summed E-state index contributed by atoms with van der Waals surface area (Å²) in [5, 5.41) is 10.2. The van der Waals surface area contributed by atoms with Crippen molar-refractivity contribution in [3.05, 3.63) is 0 Å². The number of carboxylic acids is 1. The summed E-state index contributed by atoms with van der Waals surface area (Å²) in [7, 11) is 0. The van der Waals surface area contributed by atoms with E-state index in [2.05, 4.69) is 5.73 Å². The molecule has 0 bridgehead atoms. The van der Waals surface area contributed by atoms with Crippen LogP contribution in [0.3, 0.4) is 0 Å². The maximum atomic E-state index is 11.0. The van der Waals surface area contributed by atoms with Gasteiger partial charge in [-0.1, -0.05) is 0 Å². The normalized spacial score (nSPS) is 14.1. The van der Waals surface area contributed by atoms with E-state index in [1.807, 2.05) is 0 Å². The molecule has 14 heavy (non-hydrogen) atoms. The van der Waals surface area contributed by atoms with Crippen LogP contribution in [0.5, 0.6) is 0 Å². The quantitative estimate of drug-likeness (QED) is 0.546. The Morgan fingerprint density at radius 2 is 1.79 bits per heavy atom. The summed E-state index contributed by atoms with van der Waals surface area (Å²) in [4.78, 5) is 31.6. The Balaban J connectivity index is 4.07. The minimum absolute atomic E-state index is 0.773. The van der Waals surface area contributed by atoms with Crippen LogP contribution in [0, 0.1) is 0 Å². The summed E-state index contributed by atoms with van der Waals surface area (Å²) in [5.41, 5.74) is 4.68. The fraction of sp³-hybridized carbons (Fsp3) is 0.571. The fourth-order valence-electron chi connectivity index (χ4n) is 0.649. The molecule has 7 nitrogen and oxygen atoms in total. The Morgan fingerprint density at radius 3 is 2.14 bits per heavy atom. The van der Waals surface area contributed by atoms with E-state index in [-0.39, 0.29) is 0 Å². The molecule has 0 aliphatic heterocycles. The molecule has 0 spiro atoms. The summed E-state index contributed by atoms with van der Waals surface area (Å²) < 4.78 is 4.76. The summed E-state index contributed by atoms with van der Waals surface area (Å²) in [5.74, 6) is -1.96. The maximum Gasteiger partial charge on any atom is 0.332 e. The first-order valence-corrected chi connectivity index (χ1v) is 3.83. The molecule has 4 N–H and O–H groups in total. The lowest BCUT2D eigenvalue weighted by Crippen LogP contribution is -2.43. The summed E-state index contributed by atoms with van der Waals surface area (Å²) in [6.45, 7) is 2.59. The van der Waals surface area contributed by atoms with Gasteiger partial charge in [-0.25, -0.2) is 9.59 Å². The van der Waals surface area contributed by atoms with Crippen molar-refractivity contribution < 1.29 is 24.2 Å². The topological polar surface area (TPSA) is 119 Å². The number of hydrogen-bond acceptors (Lipinski definition) is 4. The van der Waals surface area contributed by atoms with Crippen molar-refractivity contribution in [3.63, 3.8) is 0 Å². The number of amides is 3. The van der Waals surface area contributed by atoms with Crippen LogP contribution >= 0.6 is 0 Å². The molecule has 1 unspecified atom stereocenters. The monoisotopic (exact) mass is 204 g/mol. The van der Waals surface area contributed by atoms with E-state index < -0.39 is 30.1 Å². The van der Waals surface area contributed by atoms with Crippen molar-refractivity contribution in [1.82, 2.24) is 5.32 Å². The van der Waals surface area contributed by atoms with Gasteiger partial charge < -0.3 is 15.6 Å². The number of hydrogen-bond donors (Lipinski definition) is 3. The number of imide groups is 1. The average Bonchev–Trinajstić information content (AvgIpc) is 2.02. The van der Waals surface area contributed by atoms with E-state index >= 15 is 0 Å². The van der Waals surface area contributed by atoms with Gasteiger partial charge in [0.2, 0.25) is 0 Å². The van der Waals surface area contributed by atoms with Gasteiger partial charge in [0.05, 0.1) is 0 Å². The number of ether oxygens (including phenoxy) is 1. The molecule has 0 aromatic rings. The lowest BCUT2D eigenvalue weighted by atomic mass is 10.3. The van der Waals surface area contributed by atoms with Crippen molar-refractivity contribution in [2.75, 3.05) is 0 Å². The van der Waals surface area contributed by atoms with Gasteiger partial charge in [0, 0.05) is 0 Å². The smallest absolute Gasteiger partial charge is 0.332 e. The molecular formula is C7H12N2O5. The Hall–Kier alpha value is -1.63. The van der Waals surface area contributed by atoms with Crippen LogP contribution in [0.15, 0.2) is 0 Å². The molecule has 0 aliphatic carbocycles. The third kappa shape index (κ3) is 4.41. The lowest BCUT2D eigenvalue weighted by molar-refractivity contribution is -0.155. The lowest BCUT2D eigenvalue weighted by Gasteiger charge is -2.14. The molecule has 0 saturated heterocycles. The van der Waals surface area contributed by atoms with Gasteiger partial charge in [-0.3, -0.25) is 10.1 Å². The van der Waals surface area contributed by atoms with E-state index in [0.29, 0.717) is 0 Å². The minimum Gasteiger partial charge on any atom is -0.479 e. The molecule has 7 heteroatoms. The van der Waals surface area contributed by atoms with Crippen molar-refractivity contribution in [1.29, 1.82) is 0 Å². The van der Waals surface area contributed by atoms with Crippen molar-refractivity contribution >= 4 is 17.9 Å². The van der Waals surface area contributed by atoms with Crippen LogP contribution in [-0.4, -0.2) is 35.2 Å². The largest absolute Gasteiger partial charge is 0.479 e. The van der Waals surface area contributed by atoms with Crippen molar-refractivity contribution in [3.8, 4) is 0 Å². The summed E-state index contributed by atoms with van der Waals surface area (Å²) in [6, 6.07) is -1.01. The zero-order chi connectivity index (χ0) is 11.3. The van der Waals surface area contributed by atoms with Crippen LogP contribution in [0.25, 0.3) is 0 Å². The zero-order valence-electron chi connectivity index (χ0n) is 7.81. The highest BCUT2D eigenvalue weighted by Gasteiger charge is 2.21. The van der Waals surface area contributed by atoms with Gasteiger partial charge in [-0.05, 0) is 13.8 Å². The number of carbonyl (C=O) groups excluding carboxylic acids is 2. The summed E-state index contributed by atoms with van der Waals surface area (Å²) >= 11 is 0. The van der Waals surface area contributed by atoms with Gasteiger partial charge in [-0.2, -0.15) is 0 Å². The predicted molar refractivity (Wildman–Crippen MR) is 45.4 cm³/mol. The van der Waals surface area contributed by atoms with Crippen LogP contribution in [0.1, 0.15) is 13.8 Å². The highest BCUT2D eigenvalue weighted by atomic mass is 16.5. The Kier molecular flexibility index (Phi) is 4.57. The van der Waals surface area contributed by atoms with E-state index in [1.54, 1.807) is 5.32 Å². The second-order valence-corrected chi connectivity index (χ2v) is 2.61. The second kappa shape index (κ2) is 5.18. The van der Waals surface area contributed by atoms with Crippen LogP contribution in [0.2, 0.25) is 0 Å². The molecule has 3 amide bonds. The van der Waals surface area contributed by atoms with E-state index in [1.165, 1.54) is 13.8 Å².